The number of nitrogens with one attached hydrogen (secondary N) is 1. The molecule has 0 heterocycles. The standard InChI is InChI=1S/C13H17Cl2NO/c1-17-10-7-5-9(6-8-10)16-13-11(14)3-2-4-12(13)15/h2-4,9-10,16H,5-8H2,1H3. The molecule has 1 aromatic rings. The minimum atomic E-state index is 0.412. The number of benzene rings is 1. The molecule has 0 radical (unpaired) electrons. The highest BCUT2D eigenvalue weighted by Gasteiger charge is 2.21. The molecule has 1 aliphatic rings. The quantitative estimate of drug-likeness (QED) is 0.884. The zero-order chi connectivity index (χ0) is 12.3. The van der Waals surface area contributed by atoms with E-state index in [0.29, 0.717) is 22.2 Å². The van der Waals surface area contributed by atoms with E-state index in [2.05, 4.69) is 5.32 Å². The van der Waals surface area contributed by atoms with Gasteiger partial charge in [0.25, 0.3) is 0 Å². The predicted octanol–water partition coefficient (Wildman–Crippen LogP) is 4.36. The first-order valence-corrected chi connectivity index (χ1v) is 6.69. The van der Waals surface area contributed by atoms with Crippen LogP contribution in [-0.4, -0.2) is 19.3 Å². The number of methoxy groups -OCH3 is 1. The van der Waals surface area contributed by atoms with Gasteiger partial charge in [-0.2, -0.15) is 0 Å². The Morgan fingerprint density at radius 2 is 1.71 bits per heavy atom. The number of ether oxygens (including phenoxy) is 1. The molecule has 1 aliphatic carbocycles. The highest BCUT2D eigenvalue weighted by Crippen LogP contribution is 2.32. The summed E-state index contributed by atoms with van der Waals surface area (Å²) in [6.07, 6.45) is 4.79. The van der Waals surface area contributed by atoms with E-state index in [1.54, 1.807) is 7.11 Å². The normalized spacial score (nSPS) is 24.6. The van der Waals surface area contributed by atoms with Crippen molar-refractivity contribution in [2.75, 3.05) is 12.4 Å². The van der Waals surface area contributed by atoms with Crippen LogP contribution >= 0.6 is 23.2 Å². The third kappa shape index (κ3) is 3.27. The Morgan fingerprint density at radius 1 is 1.12 bits per heavy atom. The van der Waals surface area contributed by atoms with E-state index in [1.807, 2.05) is 18.2 Å². The summed E-state index contributed by atoms with van der Waals surface area (Å²) < 4.78 is 5.36. The zero-order valence-electron chi connectivity index (χ0n) is 9.88. The van der Waals surface area contributed by atoms with Crippen LogP contribution in [0.3, 0.4) is 0 Å². The molecule has 0 aromatic heterocycles. The van der Waals surface area contributed by atoms with Crippen LogP contribution in [0.5, 0.6) is 0 Å². The summed E-state index contributed by atoms with van der Waals surface area (Å²) in [7, 11) is 1.78. The van der Waals surface area contributed by atoms with E-state index in [-0.39, 0.29) is 0 Å². The topological polar surface area (TPSA) is 21.3 Å². The van der Waals surface area contributed by atoms with Crippen molar-refractivity contribution in [1.82, 2.24) is 0 Å². The Balaban J connectivity index is 1.98. The van der Waals surface area contributed by atoms with Crippen LogP contribution < -0.4 is 5.32 Å². The van der Waals surface area contributed by atoms with E-state index in [9.17, 15) is 0 Å². The Morgan fingerprint density at radius 3 is 2.24 bits per heavy atom. The largest absolute Gasteiger partial charge is 0.381 e. The molecular weight excluding hydrogens is 257 g/mol. The van der Waals surface area contributed by atoms with Gasteiger partial charge in [-0.25, -0.2) is 0 Å². The van der Waals surface area contributed by atoms with Crippen molar-refractivity contribution in [3.05, 3.63) is 28.2 Å². The second-order valence-electron chi connectivity index (χ2n) is 4.45. The zero-order valence-corrected chi connectivity index (χ0v) is 11.4. The number of anilines is 1. The molecule has 0 atom stereocenters. The van der Waals surface area contributed by atoms with Crippen molar-refractivity contribution in [1.29, 1.82) is 0 Å². The van der Waals surface area contributed by atoms with Crippen LogP contribution in [0.2, 0.25) is 10.0 Å². The summed E-state index contributed by atoms with van der Waals surface area (Å²) in [6, 6.07) is 6.02. The Bertz CT molecular complexity index is 355. The summed E-state index contributed by atoms with van der Waals surface area (Å²) >= 11 is 12.3. The summed E-state index contributed by atoms with van der Waals surface area (Å²) in [5.74, 6) is 0. The number of para-hydroxylation sites is 1. The maximum atomic E-state index is 6.13. The van der Waals surface area contributed by atoms with Gasteiger partial charge in [-0.05, 0) is 37.8 Å². The molecule has 0 unspecified atom stereocenters. The van der Waals surface area contributed by atoms with Crippen molar-refractivity contribution in [2.45, 2.75) is 37.8 Å². The molecule has 0 aliphatic heterocycles. The number of hydrogen-bond acceptors (Lipinski definition) is 2. The average Bonchev–Trinajstić information content (AvgIpc) is 2.35. The molecule has 94 valence electrons. The van der Waals surface area contributed by atoms with Gasteiger partial charge in [-0.15, -0.1) is 0 Å². The SMILES string of the molecule is COC1CCC(Nc2c(Cl)cccc2Cl)CC1. The van der Waals surface area contributed by atoms with Crippen LogP contribution in [0.1, 0.15) is 25.7 Å². The fourth-order valence-corrected chi connectivity index (χ4v) is 2.79. The Hall–Kier alpha value is -0.440. The lowest BCUT2D eigenvalue weighted by atomic mass is 9.93. The molecule has 0 saturated heterocycles. The van der Waals surface area contributed by atoms with Gasteiger partial charge in [-0.3, -0.25) is 0 Å². The maximum Gasteiger partial charge on any atom is 0.0721 e. The average molecular weight is 274 g/mol. The summed E-state index contributed by atoms with van der Waals surface area (Å²) in [6.45, 7) is 0. The monoisotopic (exact) mass is 273 g/mol. The second kappa shape index (κ2) is 5.94. The van der Waals surface area contributed by atoms with E-state index >= 15 is 0 Å². The first-order chi connectivity index (χ1) is 8.20. The molecule has 0 spiro atoms. The van der Waals surface area contributed by atoms with Gasteiger partial charge in [-0.1, -0.05) is 29.3 Å². The number of rotatable bonds is 3. The third-order valence-electron chi connectivity index (χ3n) is 3.32. The Labute approximate surface area is 112 Å². The number of hydrogen-bond donors (Lipinski definition) is 1. The molecule has 2 nitrogen and oxygen atoms in total. The highest BCUT2D eigenvalue weighted by molar-refractivity contribution is 6.39. The lowest BCUT2D eigenvalue weighted by Gasteiger charge is -2.29. The molecule has 17 heavy (non-hydrogen) atoms. The van der Waals surface area contributed by atoms with Crippen molar-refractivity contribution < 1.29 is 4.74 Å². The first kappa shape index (κ1) is 13.0. The summed E-state index contributed by atoms with van der Waals surface area (Å²) in [5, 5.41) is 4.82. The minimum absolute atomic E-state index is 0.412. The predicted molar refractivity (Wildman–Crippen MR) is 73.1 cm³/mol. The van der Waals surface area contributed by atoms with Gasteiger partial charge in [0.2, 0.25) is 0 Å². The van der Waals surface area contributed by atoms with Crippen molar-refractivity contribution in [2.24, 2.45) is 0 Å². The van der Waals surface area contributed by atoms with Crippen molar-refractivity contribution in [3.63, 3.8) is 0 Å². The van der Waals surface area contributed by atoms with Gasteiger partial charge in [0.15, 0.2) is 0 Å². The van der Waals surface area contributed by atoms with Gasteiger partial charge < -0.3 is 10.1 Å². The first-order valence-electron chi connectivity index (χ1n) is 5.94. The molecule has 1 fully saturated rings. The summed E-state index contributed by atoms with van der Waals surface area (Å²) in [4.78, 5) is 0. The lowest BCUT2D eigenvalue weighted by molar-refractivity contribution is 0.0682. The fourth-order valence-electron chi connectivity index (χ4n) is 2.28. The van der Waals surface area contributed by atoms with E-state index in [4.69, 9.17) is 27.9 Å². The number of halogens is 2. The molecule has 1 N–H and O–H groups in total. The van der Waals surface area contributed by atoms with Gasteiger partial charge in [0.1, 0.15) is 0 Å². The van der Waals surface area contributed by atoms with Crippen LogP contribution in [0.15, 0.2) is 18.2 Å². The molecule has 1 aromatic carbocycles. The van der Waals surface area contributed by atoms with Gasteiger partial charge in [0, 0.05) is 13.2 Å². The third-order valence-corrected chi connectivity index (χ3v) is 3.95. The van der Waals surface area contributed by atoms with E-state index < -0.39 is 0 Å². The fraction of sp³-hybridized carbons (Fsp3) is 0.538. The van der Waals surface area contributed by atoms with Crippen molar-refractivity contribution >= 4 is 28.9 Å². The van der Waals surface area contributed by atoms with Crippen LogP contribution in [0.4, 0.5) is 5.69 Å². The smallest absolute Gasteiger partial charge is 0.0721 e. The molecule has 1 saturated carbocycles. The highest BCUT2D eigenvalue weighted by atomic mass is 35.5. The summed E-state index contributed by atoms with van der Waals surface area (Å²) in [5.41, 5.74) is 0.858. The van der Waals surface area contributed by atoms with E-state index in [1.165, 1.54) is 0 Å². The van der Waals surface area contributed by atoms with Gasteiger partial charge >= 0.3 is 0 Å². The Kier molecular flexibility index (Phi) is 4.55. The molecule has 4 heteroatoms. The van der Waals surface area contributed by atoms with Crippen LogP contribution in [0, 0.1) is 0 Å². The molecule has 2 rings (SSSR count). The lowest BCUT2D eigenvalue weighted by Crippen LogP contribution is -2.29. The molecule has 0 bridgehead atoms. The second-order valence-corrected chi connectivity index (χ2v) is 5.26. The van der Waals surface area contributed by atoms with Crippen molar-refractivity contribution in [3.8, 4) is 0 Å². The maximum absolute atomic E-state index is 6.13. The molecule has 0 amide bonds. The molecular formula is C13H17Cl2NO. The van der Waals surface area contributed by atoms with Gasteiger partial charge in [0.05, 0.1) is 21.8 Å². The van der Waals surface area contributed by atoms with E-state index in [0.717, 1.165) is 31.4 Å². The van der Waals surface area contributed by atoms with Crippen LogP contribution in [0.25, 0.3) is 0 Å². The minimum Gasteiger partial charge on any atom is -0.381 e. The van der Waals surface area contributed by atoms with Crippen LogP contribution in [-0.2, 0) is 4.74 Å².